The van der Waals surface area contributed by atoms with Crippen LogP contribution in [0.4, 0.5) is 4.79 Å². The smallest absolute Gasteiger partial charge is 0.325 e. The number of esters is 1. The Balaban J connectivity index is 1.42. The molecule has 8 nitrogen and oxygen atoms in total. The highest BCUT2D eigenvalue weighted by atomic mass is 16.5. The van der Waals surface area contributed by atoms with Gasteiger partial charge in [-0.3, -0.25) is 9.36 Å². The van der Waals surface area contributed by atoms with Crippen molar-refractivity contribution in [1.82, 2.24) is 19.4 Å². The van der Waals surface area contributed by atoms with Gasteiger partial charge in [-0.2, -0.15) is 5.26 Å². The average molecular weight is 560 g/mol. The fourth-order valence-corrected chi connectivity index (χ4v) is 5.14. The second-order valence-electron chi connectivity index (χ2n) is 10.5. The van der Waals surface area contributed by atoms with E-state index in [1.165, 1.54) is 7.11 Å². The number of methoxy groups -OCH3 is 1. The Morgan fingerprint density at radius 2 is 1.83 bits per heavy atom. The second kappa shape index (κ2) is 13.0. The summed E-state index contributed by atoms with van der Waals surface area (Å²) in [6, 6.07) is 25.9. The van der Waals surface area contributed by atoms with E-state index < -0.39 is 0 Å². The lowest BCUT2D eigenvalue weighted by Crippen LogP contribution is -2.31. The summed E-state index contributed by atoms with van der Waals surface area (Å²) in [7, 11) is 1.38. The van der Waals surface area contributed by atoms with E-state index in [1.807, 2.05) is 61.8 Å². The number of amides is 1. The third kappa shape index (κ3) is 6.58. The summed E-state index contributed by atoms with van der Waals surface area (Å²) in [5.41, 5.74) is 5.48. The summed E-state index contributed by atoms with van der Waals surface area (Å²) in [4.78, 5) is 29.5. The summed E-state index contributed by atoms with van der Waals surface area (Å²) in [6.07, 6.45) is 6.97. The molecule has 0 spiro atoms. The monoisotopic (exact) mass is 559 g/mol. The molecule has 0 unspecified atom stereocenters. The molecule has 0 aliphatic carbocycles. The largest absolute Gasteiger partial charge is 0.469 e. The Kier molecular flexibility index (Phi) is 8.78. The number of fused-ring (bicyclic) bond motifs is 1. The third-order valence-corrected chi connectivity index (χ3v) is 7.47. The first-order valence-corrected chi connectivity index (χ1v) is 14.0. The maximum Gasteiger partial charge on any atom is 0.325 e. The molecule has 0 bridgehead atoms. The molecule has 2 aromatic heterocycles. The molecule has 8 heteroatoms. The number of carbonyl (C=O) groups is 2. The van der Waals surface area contributed by atoms with Crippen LogP contribution in [0.15, 0.2) is 91.5 Å². The highest BCUT2D eigenvalue weighted by Gasteiger charge is 2.17. The van der Waals surface area contributed by atoms with Crippen LogP contribution in [0.3, 0.4) is 0 Å². The topological polar surface area (TPSA) is 102 Å². The number of nitriles is 1. The van der Waals surface area contributed by atoms with Crippen LogP contribution in [-0.2, 0) is 22.5 Å². The zero-order valence-electron chi connectivity index (χ0n) is 23.8. The molecular formula is C34H33N5O3. The van der Waals surface area contributed by atoms with Gasteiger partial charge >= 0.3 is 12.0 Å². The molecular weight excluding hydrogens is 526 g/mol. The summed E-state index contributed by atoms with van der Waals surface area (Å²) >= 11 is 0. The Bertz CT molecular complexity index is 1740. The maximum atomic E-state index is 13.5. The minimum Gasteiger partial charge on any atom is -0.469 e. The van der Waals surface area contributed by atoms with Crippen molar-refractivity contribution in [1.29, 1.82) is 5.26 Å². The van der Waals surface area contributed by atoms with Gasteiger partial charge in [-0.05, 0) is 52.4 Å². The lowest BCUT2D eigenvalue weighted by Gasteiger charge is -2.13. The van der Waals surface area contributed by atoms with E-state index in [-0.39, 0.29) is 17.9 Å². The highest BCUT2D eigenvalue weighted by Crippen LogP contribution is 2.31. The summed E-state index contributed by atoms with van der Waals surface area (Å²) in [5, 5.41) is 14.4. The van der Waals surface area contributed by atoms with Gasteiger partial charge in [0.2, 0.25) is 0 Å². The standard InChI is InChI=1S/C34H33N5O3/c1-24(16-33(40)42-2)14-15-37-34(41)39-22-28(32-9-5-7-27-6-3-4-8-31(27)32)17-29(39)18-30-20-36-23-38(30)21-26-12-10-25(19-35)11-13-26/h3-13,17,20,22-24H,14-16,18,21H2,1-2H3,(H,37,41)/t24-/m0/s1. The van der Waals surface area contributed by atoms with Crippen molar-refractivity contribution in [3.63, 3.8) is 0 Å². The molecule has 0 fully saturated rings. The number of rotatable bonds is 10. The van der Waals surface area contributed by atoms with Crippen molar-refractivity contribution in [3.05, 3.63) is 114 Å². The van der Waals surface area contributed by atoms with Gasteiger partial charge in [0.05, 0.1) is 25.1 Å². The van der Waals surface area contributed by atoms with Crippen molar-refractivity contribution in [3.8, 4) is 17.2 Å². The molecule has 1 atom stereocenters. The SMILES string of the molecule is COC(=O)C[C@@H](C)CCNC(=O)n1cc(-c2cccc3ccccc23)cc1Cc1cncn1Cc1ccc(C#N)cc1. The van der Waals surface area contributed by atoms with Crippen LogP contribution >= 0.6 is 0 Å². The first-order chi connectivity index (χ1) is 20.4. The molecule has 1 N–H and O–H groups in total. The highest BCUT2D eigenvalue weighted by molar-refractivity contribution is 5.97. The zero-order valence-corrected chi connectivity index (χ0v) is 23.8. The first kappa shape index (κ1) is 28.4. The third-order valence-electron chi connectivity index (χ3n) is 7.47. The van der Waals surface area contributed by atoms with Crippen LogP contribution in [0.2, 0.25) is 0 Å². The normalized spacial score (nSPS) is 11.6. The first-order valence-electron chi connectivity index (χ1n) is 14.0. The van der Waals surface area contributed by atoms with Crippen molar-refractivity contribution in [2.75, 3.05) is 13.7 Å². The molecule has 1 amide bonds. The number of hydrogen-bond donors (Lipinski definition) is 1. The summed E-state index contributed by atoms with van der Waals surface area (Å²) in [6.45, 7) is 3.01. The van der Waals surface area contributed by atoms with Gasteiger partial charge in [0.15, 0.2) is 0 Å². The van der Waals surface area contributed by atoms with E-state index >= 15 is 0 Å². The Labute approximate surface area is 245 Å². The van der Waals surface area contributed by atoms with E-state index in [0.29, 0.717) is 37.9 Å². The lowest BCUT2D eigenvalue weighted by molar-refractivity contribution is -0.141. The van der Waals surface area contributed by atoms with E-state index in [2.05, 4.69) is 51.3 Å². The van der Waals surface area contributed by atoms with E-state index in [4.69, 9.17) is 10.00 Å². The number of nitrogens with zero attached hydrogens (tertiary/aromatic N) is 4. The molecule has 212 valence electrons. The minimum absolute atomic E-state index is 0.0877. The quantitative estimate of drug-likeness (QED) is 0.206. The Hall–Kier alpha value is -5.16. The number of carbonyl (C=O) groups excluding carboxylic acids is 2. The predicted octanol–water partition coefficient (Wildman–Crippen LogP) is 6.16. The number of hydrogen-bond acceptors (Lipinski definition) is 5. The molecule has 2 heterocycles. The molecule has 0 radical (unpaired) electrons. The van der Waals surface area contributed by atoms with Gasteiger partial charge in [-0.15, -0.1) is 0 Å². The van der Waals surface area contributed by atoms with Crippen LogP contribution in [0, 0.1) is 17.2 Å². The van der Waals surface area contributed by atoms with Gasteiger partial charge in [0.1, 0.15) is 0 Å². The van der Waals surface area contributed by atoms with Gasteiger partial charge in [-0.25, -0.2) is 9.78 Å². The molecule has 42 heavy (non-hydrogen) atoms. The molecule has 5 aromatic rings. The van der Waals surface area contributed by atoms with Crippen LogP contribution in [-0.4, -0.2) is 39.8 Å². The van der Waals surface area contributed by atoms with Crippen LogP contribution in [0.1, 0.15) is 42.3 Å². The zero-order chi connectivity index (χ0) is 29.5. The van der Waals surface area contributed by atoms with Gasteiger partial charge in [-0.1, -0.05) is 61.5 Å². The number of aromatic nitrogens is 3. The van der Waals surface area contributed by atoms with E-state index in [0.717, 1.165) is 38.9 Å². The van der Waals surface area contributed by atoms with Gasteiger partial charge in [0.25, 0.3) is 0 Å². The fraction of sp³-hybridized carbons (Fsp3) is 0.235. The Morgan fingerprint density at radius 3 is 2.62 bits per heavy atom. The van der Waals surface area contributed by atoms with Crippen molar-refractivity contribution in [2.45, 2.75) is 32.7 Å². The second-order valence-corrected chi connectivity index (χ2v) is 10.5. The average Bonchev–Trinajstić information content (AvgIpc) is 3.64. The molecule has 0 saturated carbocycles. The van der Waals surface area contributed by atoms with Gasteiger partial charge < -0.3 is 14.6 Å². The summed E-state index contributed by atoms with van der Waals surface area (Å²) < 4.78 is 8.51. The van der Waals surface area contributed by atoms with E-state index in [1.54, 1.807) is 10.9 Å². The minimum atomic E-state index is -0.251. The van der Waals surface area contributed by atoms with Crippen LogP contribution in [0.25, 0.3) is 21.9 Å². The number of benzene rings is 3. The fourth-order valence-electron chi connectivity index (χ4n) is 5.14. The molecule has 0 aliphatic rings. The lowest BCUT2D eigenvalue weighted by atomic mass is 10.00. The van der Waals surface area contributed by atoms with Crippen LogP contribution in [0.5, 0.6) is 0 Å². The van der Waals surface area contributed by atoms with Gasteiger partial charge in [0, 0.05) is 55.3 Å². The van der Waals surface area contributed by atoms with Crippen LogP contribution < -0.4 is 5.32 Å². The predicted molar refractivity (Wildman–Crippen MR) is 162 cm³/mol. The summed E-state index contributed by atoms with van der Waals surface area (Å²) in [5.74, 6) is -0.163. The molecule has 0 saturated heterocycles. The number of imidazole rings is 1. The van der Waals surface area contributed by atoms with Crippen molar-refractivity contribution >= 4 is 22.8 Å². The number of ether oxygens (including phenoxy) is 1. The molecule has 5 rings (SSSR count). The molecule has 0 aliphatic heterocycles. The van der Waals surface area contributed by atoms with E-state index in [9.17, 15) is 9.59 Å². The maximum absolute atomic E-state index is 13.5. The van der Waals surface area contributed by atoms with Crippen molar-refractivity contribution in [2.24, 2.45) is 5.92 Å². The van der Waals surface area contributed by atoms with Crippen molar-refractivity contribution < 1.29 is 14.3 Å². The number of nitrogens with one attached hydrogen (secondary N) is 1. The Morgan fingerprint density at radius 1 is 1.05 bits per heavy atom. The molecule has 3 aromatic carbocycles.